The van der Waals surface area contributed by atoms with Crippen molar-refractivity contribution in [1.29, 1.82) is 0 Å². The Morgan fingerprint density at radius 2 is 1.48 bits per heavy atom. The summed E-state index contributed by atoms with van der Waals surface area (Å²) in [5.41, 5.74) is 14.5. The first kappa shape index (κ1) is 35.3. The maximum atomic E-state index is 6.82. The normalized spacial score (nSPS) is 11.8. The molecule has 0 radical (unpaired) electrons. The van der Waals surface area contributed by atoms with Gasteiger partial charge in [-0.3, -0.25) is 4.57 Å². The molecule has 5 heteroatoms. The summed E-state index contributed by atoms with van der Waals surface area (Å²) in [5, 5.41) is 7.63. The number of fused-ring (bicyclic) bond motifs is 3. The summed E-state index contributed by atoms with van der Waals surface area (Å²) in [5.74, 6) is 3.29. The lowest BCUT2D eigenvalue weighted by Gasteiger charge is -2.18. The molecule has 3 heterocycles. The largest absolute Gasteiger partial charge is 0.457 e. The molecule has 5 nitrogen and oxygen atoms in total. The van der Waals surface area contributed by atoms with Crippen molar-refractivity contribution in [2.24, 2.45) is 5.92 Å². The number of aryl methyl sites for hydroxylation is 5. The summed E-state index contributed by atoms with van der Waals surface area (Å²) in [4.78, 5) is 4.87. The maximum Gasteiger partial charge on any atom is 0.137 e. The van der Waals surface area contributed by atoms with Crippen molar-refractivity contribution in [2.45, 2.75) is 93.9 Å². The molecule has 0 aliphatic rings. The second kappa shape index (κ2) is 14.5. The molecule has 0 atom stereocenters. The van der Waals surface area contributed by atoms with Gasteiger partial charge in [-0.2, -0.15) is 5.10 Å². The van der Waals surface area contributed by atoms with Gasteiger partial charge < -0.3 is 4.74 Å². The van der Waals surface area contributed by atoms with E-state index in [1.807, 2.05) is 6.20 Å². The number of pyridine rings is 1. The van der Waals surface area contributed by atoms with E-state index >= 15 is 0 Å². The minimum atomic E-state index is 0.310. The Labute approximate surface area is 309 Å². The number of ether oxygens (including phenoxy) is 1. The van der Waals surface area contributed by atoms with E-state index in [0.717, 1.165) is 59.0 Å². The number of para-hydroxylation sites is 1. The minimum Gasteiger partial charge on any atom is -0.457 e. The van der Waals surface area contributed by atoms with E-state index in [4.69, 9.17) is 14.8 Å². The molecule has 0 saturated carbocycles. The summed E-state index contributed by atoms with van der Waals surface area (Å²) in [6.07, 6.45) is 6.24. The molecule has 0 unspecified atom stereocenters. The van der Waals surface area contributed by atoms with Gasteiger partial charge in [0.05, 0.1) is 28.1 Å². The van der Waals surface area contributed by atoms with Crippen LogP contribution in [-0.4, -0.2) is 19.3 Å². The van der Waals surface area contributed by atoms with Crippen LogP contribution in [-0.2, 0) is 12.8 Å². The second-order valence-corrected chi connectivity index (χ2v) is 15.4. The number of rotatable bonds is 11. The predicted molar refractivity (Wildman–Crippen MR) is 218 cm³/mol. The average Bonchev–Trinajstić information content (AvgIpc) is 3.60. The third-order valence-corrected chi connectivity index (χ3v) is 10.2. The summed E-state index contributed by atoms with van der Waals surface area (Å²) in [7, 11) is 0. The summed E-state index contributed by atoms with van der Waals surface area (Å²) in [6.45, 7) is 20.1. The van der Waals surface area contributed by atoms with Crippen molar-refractivity contribution < 1.29 is 4.74 Å². The van der Waals surface area contributed by atoms with Crippen LogP contribution in [0, 0.1) is 33.6 Å². The van der Waals surface area contributed by atoms with Crippen molar-refractivity contribution in [3.8, 4) is 34.1 Å². The third-order valence-electron chi connectivity index (χ3n) is 10.2. The van der Waals surface area contributed by atoms with Gasteiger partial charge >= 0.3 is 0 Å². The molecule has 0 aliphatic heterocycles. The molecule has 7 rings (SSSR count). The Morgan fingerprint density at radius 3 is 2.21 bits per heavy atom. The van der Waals surface area contributed by atoms with Gasteiger partial charge in [0.15, 0.2) is 0 Å². The zero-order valence-corrected chi connectivity index (χ0v) is 32.3. The third kappa shape index (κ3) is 6.77. The average molecular weight is 689 g/mol. The fourth-order valence-corrected chi connectivity index (χ4v) is 7.90. The topological polar surface area (TPSA) is 44.9 Å². The van der Waals surface area contributed by atoms with E-state index in [1.165, 1.54) is 61.8 Å². The molecule has 0 saturated heterocycles. The zero-order valence-electron chi connectivity index (χ0n) is 32.3. The quantitative estimate of drug-likeness (QED) is 0.136. The van der Waals surface area contributed by atoms with Crippen LogP contribution in [0.4, 0.5) is 0 Å². The Hall–Kier alpha value is -5.16. The van der Waals surface area contributed by atoms with Gasteiger partial charge in [-0.25, -0.2) is 9.67 Å². The molecule has 7 aromatic rings. The summed E-state index contributed by atoms with van der Waals surface area (Å²) >= 11 is 0. The van der Waals surface area contributed by atoms with Crippen LogP contribution in [0.3, 0.4) is 0 Å². The van der Waals surface area contributed by atoms with E-state index in [9.17, 15) is 0 Å². The van der Waals surface area contributed by atoms with Crippen molar-refractivity contribution in [2.75, 3.05) is 0 Å². The van der Waals surface area contributed by atoms with Crippen LogP contribution >= 0.6 is 0 Å². The Morgan fingerprint density at radius 1 is 0.731 bits per heavy atom. The molecule has 0 fully saturated rings. The maximum absolute atomic E-state index is 6.82. The van der Waals surface area contributed by atoms with Gasteiger partial charge in [-0.15, -0.1) is 0 Å². The number of nitrogens with zero attached hydrogens (tertiary/aromatic N) is 4. The smallest absolute Gasteiger partial charge is 0.137 e. The minimum absolute atomic E-state index is 0.310. The van der Waals surface area contributed by atoms with Crippen LogP contribution in [0.25, 0.3) is 44.4 Å². The lowest BCUT2D eigenvalue weighted by Crippen LogP contribution is -2.08. The Kier molecular flexibility index (Phi) is 9.80. The Bertz CT molecular complexity index is 2380. The highest BCUT2D eigenvalue weighted by molar-refractivity contribution is 6.09. The molecule has 4 aromatic carbocycles. The summed E-state index contributed by atoms with van der Waals surface area (Å²) < 4.78 is 11.3. The monoisotopic (exact) mass is 688 g/mol. The molecule has 0 aliphatic carbocycles. The van der Waals surface area contributed by atoms with E-state index in [-0.39, 0.29) is 0 Å². The van der Waals surface area contributed by atoms with Gasteiger partial charge in [-0.1, -0.05) is 76.9 Å². The lowest BCUT2D eigenvalue weighted by atomic mass is 9.90. The molecule has 0 bridgehead atoms. The molecule has 0 spiro atoms. The highest BCUT2D eigenvalue weighted by Crippen LogP contribution is 2.39. The second-order valence-electron chi connectivity index (χ2n) is 15.4. The first-order valence-corrected chi connectivity index (χ1v) is 19.0. The fraction of sp³-hybridized carbons (Fsp3) is 0.319. The fourth-order valence-electron chi connectivity index (χ4n) is 7.90. The van der Waals surface area contributed by atoms with Gasteiger partial charge in [0.25, 0.3) is 0 Å². The molecular weight excluding hydrogens is 637 g/mol. The predicted octanol–water partition coefficient (Wildman–Crippen LogP) is 12.7. The van der Waals surface area contributed by atoms with Gasteiger partial charge in [0.2, 0.25) is 0 Å². The summed E-state index contributed by atoms with van der Waals surface area (Å²) in [6, 6.07) is 30.6. The first-order valence-electron chi connectivity index (χ1n) is 19.0. The Balaban J connectivity index is 1.35. The highest BCUT2D eigenvalue weighted by Gasteiger charge is 2.23. The standard InChI is InChI=1S/C47H52N4O/c1-10-11-14-35-19-20-48-45(24-35)50-42-16-13-12-15-40(42)41-18-17-38(28-43(41)50)52-39-26-36(30(4)5)25-37(27-39)51-44(21-29(2)3)47(34(9)49-51)46-32(7)22-31(6)23-33(46)8/h12-13,15-20,22-30H,10-11,14,21H2,1-9H3. The SMILES string of the molecule is CCCCc1ccnc(-n2c3ccccc3c3ccc(Oc4cc(C(C)C)cc(-n5nc(C)c(-c6c(C)cc(C)cc6C)c5CC(C)C)c4)cc32)c1. The van der Waals surface area contributed by atoms with Crippen LogP contribution in [0.1, 0.15) is 92.6 Å². The number of hydrogen-bond acceptors (Lipinski definition) is 3. The molecular formula is C47H52N4O. The molecule has 3 aromatic heterocycles. The number of benzene rings is 4. The zero-order chi connectivity index (χ0) is 36.7. The van der Waals surface area contributed by atoms with Gasteiger partial charge in [0.1, 0.15) is 17.3 Å². The van der Waals surface area contributed by atoms with E-state index in [0.29, 0.717) is 11.8 Å². The van der Waals surface area contributed by atoms with Crippen LogP contribution in [0.5, 0.6) is 11.5 Å². The van der Waals surface area contributed by atoms with Crippen molar-refractivity contribution >= 4 is 21.8 Å². The molecule has 0 amide bonds. The number of aromatic nitrogens is 4. The highest BCUT2D eigenvalue weighted by atomic mass is 16.5. The number of unbranched alkanes of at least 4 members (excludes halogenated alkanes) is 1. The number of hydrogen-bond donors (Lipinski definition) is 0. The van der Waals surface area contributed by atoms with E-state index < -0.39 is 0 Å². The van der Waals surface area contributed by atoms with Crippen LogP contribution in [0.15, 0.2) is 91.1 Å². The van der Waals surface area contributed by atoms with Crippen molar-refractivity contribution in [3.63, 3.8) is 0 Å². The van der Waals surface area contributed by atoms with E-state index in [2.05, 4.69) is 156 Å². The van der Waals surface area contributed by atoms with E-state index in [1.54, 1.807) is 0 Å². The van der Waals surface area contributed by atoms with Gasteiger partial charge in [-0.05, 0) is 129 Å². The molecule has 266 valence electrons. The van der Waals surface area contributed by atoms with Crippen LogP contribution in [0.2, 0.25) is 0 Å². The molecule has 52 heavy (non-hydrogen) atoms. The van der Waals surface area contributed by atoms with Crippen molar-refractivity contribution in [3.05, 3.63) is 130 Å². The van der Waals surface area contributed by atoms with Gasteiger partial charge in [0, 0.05) is 34.7 Å². The molecule has 0 N–H and O–H groups in total. The van der Waals surface area contributed by atoms with Crippen LogP contribution < -0.4 is 4.74 Å². The van der Waals surface area contributed by atoms with Crippen molar-refractivity contribution in [1.82, 2.24) is 19.3 Å². The lowest BCUT2D eigenvalue weighted by molar-refractivity contribution is 0.481. The first-order chi connectivity index (χ1) is 25.0.